The van der Waals surface area contributed by atoms with E-state index in [0.29, 0.717) is 0 Å². The Balaban J connectivity index is 1.58. The van der Waals surface area contributed by atoms with E-state index < -0.39 is 0 Å². The predicted molar refractivity (Wildman–Crippen MR) is 78.7 cm³/mol. The Hall–Kier alpha value is -0.0800. The van der Waals surface area contributed by atoms with E-state index in [1.807, 2.05) is 0 Å². The van der Waals surface area contributed by atoms with Gasteiger partial charge in [-0.05, 0) is 70.1 Å². The maximum Gasteiger partial charge on any atom is -0.00134 e. The normalized spacial score (nSPS) is 24.5. The minimum Gasteiger partial charge on any atom is -0.330 e. The molecule has 1 saturated heterocycles. The van der Waals surface area contributed by atoms with Gasteiger partial charge in [-0.1, -0.05) is 32.1 Å². The lowest BCUT2D eigenvalue weighted by Gasteiger charge is -2.44. The number of unbranched alkanes of at least 4 members (excludes halogenated alkanes) is 3. The first kappa shape index (κ1) is 14.3. The Kier molecular flexibility index (Phi) is 5.97. The molecule has 2 rings (SSSR count). The molecular weight excluding hydrogens is 220 g/mol. The van der Waals surface area contributed by atoms with E-state index in [-0.39, 0.29) is 0 Å². The van der Waals surface area contributed by atoms with Crippen LogP contribution in [0.2, 0.25) is 0 Å². The van der Waals surface area contributed by atoms with Crippen LogP contribution in [0.3, 0.4) is 0 Å². The summed E-state index contributed by atoms with van der Waals surface area (Å²) in [5.74, 6) is 0. The molecule has 1 aliphatic carbocycles. The van der Waals surface area contributed by atoms with Gasteiger partial charge in [0.25, 0.3) is 0 Å². The Morgan fingerprint density at radius 3 is 2.11 bits per heavy atom. The molecule has 1 saturated carbocycles. The molecular formula is C16H32N2. The molecule has 0 unspecified atom stereocenters. The van der Waals surface area contributed by atoms with Crippen molar-refractivity contribution in [1.29, 1.82) is 0 Å². The summed E-state index contributed by atoms with van der Waals surface area (Å²) >= 11 is 0. The lowest BCUT2D eigenvalue weighted by molar-refractivity contribution is 0.0670. The molecule has 0 aromatic carbocycles. The molecule has 1 heterocycles. The minimum absolute atomic E-state index is 0.772. The lowest BCUT2D eigenvalue weighted by atomic mass is 9.68. The van der Waals surface area contributed by atoms with Crippen molar-refractivity contribution in [3.05, 3.63) is 0 Å². The Morgan fingerprint density at radius 2 is 1.44 bits per heavy atom. The van der Waals surface area contributed by atoms with Gasteiger partial charge in [-0.3, -0.25) is 0 Å². The second kappa shape index (κ2) is 7.49. The van der Waals surface area contributed by atoms with Crippen molar-refractivity contribution in [2.24, 2.45) is 11.1 Å². The van der Waals surface area contributed by atoms with Crippen molar-refractivity contribution in [1.82, 2.24) is 4.90 Å². The zero-order chi connectivity index (χ0) is 12.7. The fraction of sp³-hybridized carbons (Fsp3) is 1.00. The molecule has 0 radical (unpaired) electrons. The van der Waals surface area contributed by atoms with Gasteiger partial charge in [0.15, 0.2) is 0 Å². The number of hydrogen-bond donors (Lipinski definition) is 1. The van der Waals surface area contributed by atoms with Crippen molar-refractivity contribution in [3.8, 4) is 0 Å². The number of hydrogen-bond acceptors (Lipinski definition) is 2. The SMILES string of the molecule is NCCCCCCN1CCC2(CCCCC2)CC1. The van der Waals surface area contributed by atoms with Crippen molar-refractivity contribution < 1.29 is 0 Å². The largest absolute Gasteiger partial charge is 0.330 e. The summed E-state index contributed by atoms with van der Waals surface area (Å²) in [7, 11) is 0. The third-order valence-electron chi connectivity index (χ3n) is 5.26. The molecule has 0 amide bonds. The highest BCUT2D eigenvalue weighted by molar-refractivity contribution is 4.88. The second-order valence-electron chi connectivity index (χ2n) is 6.61. The average molecular weight is 252 g/mol. The first-order valence-electron chi connectivity index (χ1n) is 8.27. The van der Waals surface area contributed by atoms with E-state index in [9.17, 15) is 0 Å². The third kappa shape index (κ3) is 4.24. The third-order valence-corrected chi connectivity index (χ3v) is 5.26. The van der Waals surface area contributed by atoms with Gasteiger partial charge in [0.1, 0.15) is 0 Å². The zero-order valence-corrected chi connectivity index (χ0v) is 12.1. The van der Waals surface area contributed by atoms with E-state index in [0.717, 1.165) is 12.0 Å². The number of rotatable bonds is 6. The molecule has 1 spiro atoms. The van der Waals surface area contributed by atoms with Crippen LogP contribution in [0.1, 0.15) is 70.6 Å². The molecule has 2 nitrogen and oxygen atoms in total. The van der Waals surface area contributed by atoms with Gasteiger partial charge in [0, 0.05) is 0 Å². The summed E-state index contributed by atoms with van der Waals surface area (Å²) in [4.78, 5) is 2.71. The average Bonchev–Trinajstić information content (AvgIpc) is 2.42. The van der Waals surface area contributed by atoms with Crippen molar-refractivity contribution in [2.75, 3.05) is 26.2 Å². The molecule has 0 atom stereocenters. The monoisotopic (exact) mass is 252 g/mol. The lowest BCUT2D eigenvalue weighted by Crippen LogP contribution is -2.41. The van der Waals surface area contributed by atoms with Crippen molar-refractivity contribution >= 4 is 0 Å². The van der Waals surface area contributed by atoms with E-state index in [4.69, 9.17) is 5.73 Å². The van der Waals surface area contributed by atoms with Crippen LogP contribution in [0, 0.1) is 5.41 Å². The Morgan fingerprint density at radius 1 is 0.778 bits per heavy atom. The molecule has 1 aliphatic heterocycles. The highest BCUT2D eigenvalue weighted by atomic mass is 15.1. The van der Waals surface area contributed by atoms with Gasteiger partial charge in [-0.15, -0.1) is 0 Å². The standard InChI is InChI=1S/C16H32N2/c17-12-6-1-2-7-13-18-14-10-16(11-15-18)8-4-3-5-9-16/h1-15,17H2. The fourth-order valence-electron chi connectivity index (χ4n) is 3.89. The molecule has 106 valence electrons. The Bertz CT molecular complexity index is 211. The maximum atomic E-state index is 5.52. The molecule has 18 heavy (non-hydrogen) atoms. The van der Waals surface area contributed by atoms with E-state index in [2.05, 4.69) is 4.90 Å². The van der Waals surface area contributed by atoms with Gasteiger partial charge in [0.05, 0.1) is 0 Å². The smallest absolute Gasteiger partial charge is 0.00134 e. The van der Waals surface area contributed by atoms with Gasteiger partial charge in [-0.2, -0.15) is 0 Å². The van der Waals surface area contributed by atoms with E-state index in [1.54, 1.807) is 0 Å². The summed E-state index contributed by atoms with van der Waals surface area (Å²) in [6, 6.07) is 0. The highest BCUT2D eigenvalue weighted by Crippen LogP contribution is 2.44. The van der Waals surface area contributed by atoms with Crippen LogP contribution in [0.4, 0.5) is 0 Å². The van der Waals surface area contributed by atoms with Crippen LogP contribution in [0.5, 0.6) is 0 Å². The molecule has 2 heteroatoms. The van der Waals surface area contributed by atoms with Crippen LogP contribution in [0.25, 0.3) is 0 Å². The van der Waals surface area contributed by atoms with Crippen LogP contribution >= 0.6 is 0 Å². The van der Waals surface area contributed by atoms with Crippen LogP contribution in [-0.4, -0.2) is 31.1 Å². The quantitative estimate of drug-likeness (QED) is 0.733. The first-order chi connectivity index (χ1) is 8.85. The molecule has 0 aromatic heterocycles. The molecule has 2 fully saturated rings. The van der Waals surface area contributed by atoms with E-state index in [1.165, 1.54) is 90.3 Å². The molecule has 2 N–H and O–H groups in total. The number of nitrogens with zero attached hydrogens (tertiary/aromatic N) is 1. The van der Waals surface area contributed by atoms with Crippen LogP contribution < -0.4 is 5.73 Å². The summed E-state index contributed by atoms with van der Waals surface area (Å²) in [6.45, 7) is 4.95. The number of piperidine rings is 1. The Labute approximate surface area is 113 Å². The van der Waals surface area contributed by atoms with Crippen LogP contribution in [-0.2, 0) is 0 Å². The van der Waals surface area contributed by atoms with Gasteiger partial charge >= 0.3 is 0 Å². The summed E-state index contributed by atoms with van der Waals surface area (Å²) in [6.07, 6.45) is 15.8. The second-order valence-corrected chi connectivity index (χ2v) is 6.61. The maximum absolute atomic E-state index is 5.52. The van der Waals surface area contributed by atoms with E-state index >= 15 is 0 Å². The van der Waals surface area contributed by atoms with Crippen molar-refractivity contribution in [3.63, 3.8) is 0 Å². The fourth-order valence-corrected chi connectivity index (χ4v) is 3.89. The zero-order valence-electron chi connectivity index (χ0n) is 12.1. The number of likely N-dealkylation sites (tertiary alicyclic amines) is 1. The van der Waals surface area contributed by atoms with Gasteiger partial charge < -0.3 is 10.6 Å². The van der Waals surface area contributed by atoms with Crippen LogP contribution in [0.15, 0.2) is 0 Å². The minimum atomic E-state index is 0.772. The predicted octanol–water partition coefficient (Wildman–Crippen LogP) is 3.55. The first-order valence-corrected chi connectivity index (χ1v) is 8.27. The highest BCUT2D eigenvalue weighted by Gasteiger charge is 2.35. The van der Waals surface area contributed by atoms with Gasteiger partial charge in [0.2, 0.25) is 0 Å². The number of nitrogens with two attached hydrogens (primary N) is 1. The summed E-state index contributed by atoms with van der Waals surface area (Å²) in [5.41, 5.74) is 6.29. The van der Waals surface area contributed by atoms with Crippen molar-refractivity contribution in [2.45, 2.75) is 70.6 Å². The molecule has 0 aromatic rings. The summed E-state index contributed by atoms with van der Waals surface area (Å²) in [5, 5.41) is 0. The summed E-state index contributed by atoms with van der Waals surface area (Å²) < 4.78 is 0. The molecule has 0 bridgehead atoms. The molecule has 2 aliphatic rings. The topological polar surface area (TPSA) is 29.3 Å². The van der Waals surface area contributed by atoms with Gasteiger partial charge in [-0.25, -0.2) is 0 Å².